The van der Waals surface area contributed by atoms with E-state index in [0.717, 1.165) is 5.56 Å². The fourth-order valence-electron chi connectivity index (χ4n) is 1.54. The molecule has 1 aliphatic rings. The third-order valence-corrected chi connectivity index (χ3v) is 2.39. The molecule has 1 heterocycles. The third-order valence-electron chi connectivity index (χ3n) is 2.39. The van der Waals surface area contributed by atoms with Gasteiger partial charge in [-0.1, -0.05) is 30.3 Å². The molecule has 1 fully saturated rings. The molecule has 0 aromatic heterocycles. The average molecular weight is 383 g/mol. The second-order valence-electron chi connectivity index (χ2n) is 3.79. The van der Waals surface area contributed by atoms with Crippen LogP contribution in [-0.2, 0) is 20.9 Å². The van der Waals surface area contributed by atoms with Crippen molar-refractivity contribution in [2.45, 2.75) is 19.1 Å². The van der Waals surface area contributed by atoms with Crippen LogP contribution in [0.25, 0.3) is 0 Å². The molecule has 0 unspecified atom stereocenters. The van der Waals surface area contributed by atoms with Gasteiger partial charge in [-0.2, -0.15) is 0 Å². The van der Waals surface area contributed by atoms with Crippen LogP contribution in [0.15, 0.2) is 30.3 Å². The van der Waals surface area contributed by atoms with E-state index in [-0.39, 0.29) is 108 Å². The Morgan fingerprint density at radius 1 is 1.37 bits per heavy atom. The summed E-state index contributed by atoms with van der Waals surface area (Å²) < 4.78 is 9.73. The van der Waals surface area contributed by atoms with E-state index in [1.807, 2.05) is 30.3 Å². The van der Waals surface area contributed by atoms with Crippen molar-refractivity contribution in [2.75, 3.05) is 6.61 Å². The number of alkyl carbamates (subject to hydrolysis) is 1. The van der Waals surface area contributed by atoms with Gasteiger partial charge in [0.05, 0.1) is 12.5 Å². The fraction of sp³-hybridized carbons (Fsp3) is 0.308. The minimum absolute atomic E-state index is 0. The first-order valence-electron chi connectivity index (χ1n) is 5.37. The number of carbonyl (C=O) groups excluding carboxylic acids is 2. The van der Waals surface area contributed by atoms with Crippen molar-refractivity contribution < 1.29 is 88.0 Å². The Kier molecular flexibility index (Phi) is 9.85. The second kappa shape index (κ2) is 9.84. The van der Waals surface area contributed by atoms with Crippen LogP contribution in [0.3, 0.4) is 0 Å². The van der Waals surface area contributed by atoms with Gasteiger partial charge in [0, 0.05) is 0 Å². The topological polar surface area (TPSA) is 64.6 Å². The Morgan fingerprint density at radius 3 is 2.63 bits per heavy atom. The van der Waals surface area contributed by atoms with E-state index in [4.69, 9.17) is 9.47 Å². The Bertz CT molecular complexity index is 410. The van der Waals surface area contributed by atoms with Crippen LogP contribution in [0.5, 0.6) is 0 Å². The summed E-state index contributed by atoms with van der Waals surface area (Å²) in [6.45, 7) is 0.438. The van der Waals surface area contributed by atoms with Crippen LogP contribution in [0.1, 0.15) is 12.0 Å². The second-order valence-corrected chi connectivity index (χ2v) is 3.79. The van der Waals surface area contributed by atoms with Gasteiger partial charge < -0.3 is 22.2 Å². The number of carbonyl (C=O) groups is 2. The Balaban J connectivity index is 0.00000162. The predicted molar refractivity (Wildman–Crippen MR) is 65.5 cm³/mol. The van der Waals surface area contributed by atoms with Crippen molar-refractivity contribution in [3.8, 4) is 0 Å². The molecule has 1 N–H and O–H groups in total. The van der Waals surface area contributed by atoms with Crippen molar-refractivity contribution in [2.24, 2.45) is 0 Å². The SMILES string of the molecule is O=C1C[C@H](NC(=O)OCc2ccccc2)CO1.[CH3-].[Cs+]. The molecule has 6 heteroatoms. The number of cyclic esters (lactones) is 1. The molecular weight excluding hydrogens is 367 g/mol. The first-order chi connectivity index (χ1) is 8.24. The number of hydrogen-bond donors (Lipinski definition) is 1. The standard InChI is InChI=1S/C12H13NO4.CH3.Cs/c14-11-6-10(8-16-11)13-12(15)17-7-9-4-2-1-3-5-9;;/h1-5,10H,6-8H2,(H,13,15);1H3;/q;-1;+1/t10-;;/m0../s1. The Hall–Kier alpha value is 0.0119. The molecule has 0 spiro atoms. The van der Waals surface area contributed by atoms with Crippen molar-refractivity contribution in [3.63, 3.8) is 0 Å². The number of benzene rings is 1. The van der Waals surface area contributed by atoms with E-state index < -0.39 is 6.09 Å². The number of rotatable bonds is 3. The summed E-state index contributed by atoms with van der Waals surface area (Å²) in [6.07, 6.45) is -0.322. The molecule has 0 bridgehead atoms. The summed E-state index contributed by atoms with van der Waals surface area (Å²) in [7, 11) is 0. The zero-order valence-electron chi connectivity index (χ0n) is 11.2. The van der Waals surface area contributed by atoms with Gasteiger partial charge in [0.15, 0.2) is 0 Å². The van der Waals surface area contributed by atoms with Gasteiger partial charge in [-0.25, -0.2) is 4.79 Å². The van der Waals surface area contributed by atoms with Crippen molar-refractivity contribution in [1.29, 1.82) is 0 Å². The molecule has 1 atom stereocenters. The number of esters is 1. The van der Waals surface area contributed by atoms with E-state index in [1.54, 1.807) is 0 Å². The third kappa shape index (κ3) is 6.83. The molecule has 1 aromatic carbocycles. The molecule has 0 aliphatic carbocycles. The molecular formula is C13H16CsNO4. The maximum Gasteiger partial charge on any atom is 1.00 e. The van der Waals surface area contributed by atoms with Gasteiger partial charge in [-0.3, -0.25) is 4.79 Å². The first-order valence-corrected chi connectivity index (χ1v) is 5.37. The summed E-state index contributed by atoms with van der Waals surface area (Å²) in [5.74, 6) is -0.293. The predicted octanol–water partition coefficient (Wildman–Crippen LogP) is -1.32. The molecule has 0 radical (unpaired) electrons. The van der Waals surface area contributed by atoms with Crippen LogP contribution in [0.2, 0.25) is 0 Å². The van der Waals surface area contributed by atoms with Crippen molar-refractivity contribution in [1.82, 2.24) is 5.32 Å². The van der Waals surface area contributed by atoms with E-state index in [2.05, 4.69) is 5.32 Å². The van der Waals surface area contributed by atoms with Crippen molar-refractivity contribution in [3.05, 3.63) is 43.3 Å². The van der Waals surface area contributed by atoms with Crippen LogP contribution in [-0.4, -0.2) is 24.7 Å². The minimum atomic E-state index is -0.530. The molecule has 1 amide bonds. The number of ether oxygens (including phenoxy) is 2. The summed E-state index contributed by atoms with van der Waals surface area (Å²) >= 11 is 0. The maximum atomic E-state index is 11.4. The van der Waals surface area contributed by atoms with Gasteiger partial charge in [-0.05, 0) is 5.56 Å². The minimum Gasteiger partial charge on any atom is -0.463 e. The number of amides is 1. The summed E-state index contributed by atoms with van der Waals surface area (Å²) in [5.41, 5.74) is 0.918. The quantitative estimate of drug-likeness (QED) is 0.520. The monoisotopic (exact) mass is 383 g/mol. The van der Waals surface area contributed by atoms with Gasteiger partial charge in [0.2, 0.25) is 0 Å². The van der Waals surface area contributed by atoms with Crippen LogP contribution >= 0.6 is 0 Å². The summed E-state index contributed by atoms with van der Waals surface area (Å²) in [4.78, 5) is 22.2. The summed E-state index contributed by atoms with van der Waals surface area (Å²) in [6, 6.07) is 9.11. The number of hydrogen-bond acceptors (Lipinski definition) is 4. The van der Waals surface area contributed by atoms with Gasteiger partial charge >= 0.3 is 81.0 Å². The van der Waals surface area contributed by atoms with E-state index in [9.17, 15) is 9.59 Å². The number of nitrogens with one attached hydrogen (secondary N) is 1. The molecule has 2 rings (SSSR count). The zero-order chi connectivity index (χ0) is 12.1. The normalized spacial score (nSPS) is 16.6. The van der Waals surface area contributed by atoms with E-state index in [1.165, 1.54) is 0 Å². The average Bonchev–Trinajstić information content (AvgIpc) is 2.73. The maximum absolute atomic E-state index is 11.4. The smallest absolute Gasteiger partial charge is 0.463 e. The summed E-state index contributed by atoms with van der Waals surface area (Å²) in [5, 5.41) is 2.57. The van der Waals surface area contributed by atoms with E-state index >= 15 is 0 Å². The largest absolute Gasteiger partial charge is 1.00 e. The molecule has 98 valence electrons. The molecule has 0 saturated carbocycles. The molecule has 19 heavy (non-hydrogen) atoms. The Morgan fingerprint density at radius 2 is 2.05 bits per heavy atom. The van der Waals surface area contributed by atoms with Crippen LogP contribution < -0.4 is 74.2 Å². The molecule has 1 aliphatic heterocycles. The molecule has 5 nitrogen and oxygen atoms in total. The Labute approximate surface area is 171 Å². The first kappa shape index (κ1) is 19.0. The van der Waals surface area contributed by atoms with E-state index in [0.29, 0.717) is 0 Å². The molecule has 1 aromatic rings. The van der Waals surface area contributed by atoms with Gasteiger partial charge in [0.1, 0.15) is 13.2 Å². The molecule has 1 saturated heterocycles. The van der Waals surface area contributed by atoms with Crippen molar-refractivity contribution >= 4 is 12.1 Å². The fourth-order valence-corrected chi connectivity index (χ4v) is 1.54. The van der Waals surface area contributed by atoms with Crippen LogP contribution in [0, 0.1) is 7.43 Å². The van der Waals surface area contributed by atoms with Crippen LogP contribution in [0.4, 0.5) is 4.79 Å². The van der Waals surface area contributed by atoms with Gasteiger partial charge in [0.25, 0.3) is 0 Å². The zero-order valence-corrected chi connectivity index (χ0v) is 17.5. The van der Waals surface area contributed by atoms with Gasteiger partial charge in [-0.15, -0.1) is 0 Å².